The van der Waals surface area contributed by atoms with Crippen molar-refractivity contribution in [1.29, 1.82) is 0 Å². The van der Waals surface area contributed by atoms with Gasteiger partial charge in [-0.25, -0.2) is 9.78 Å². The van der Waals surface area contributed by atoms with E-state index in [9.17, 15) is 24.0 Å². The van der Waals surface area contributed by atoms with E-state index in [1.807, 2.05) is 0 Å². The molecular formula is C24H29N5O9S2. The summed E-state index contributed by atoms with van der Waals surface area (Å²) in [6.45, 7) is 5.50. The predicted molar refractivity (Wildman–Crippen MR) is 144 cm³/mol. The van der Waals surface area contributed by atoms with Gasteiger partial charge in [0.15, 0.2) is 10.8 Å². The Morgan fingerprint density at radius 1 is 1.25 bits per heavy atom. The van der Waals surface area contributed by atoms with Crippen molar-refractivity contribution in [2.45, 2.75) is 39.1 Å². The van der Waals surface area contributed by atoms with Gasteiger partial charge >= 0.3 is 17.9 Å². The first-order chi connectivity index (χ1) is 18.8. The van der Waals surface area contributed by atoms with E-state index >= 15 is 0 Å². The quantitative estimate of drug-likeness (QED) is 0.128. The van der Waals surface area contributed by atoms with Gasteiger partial charge in [0.25, 0.3) is 11.8 Å². The van der Waals surface area contributed by atoms with Gasteiger partial charge in [-0.05, 0) is 32.4 Å². The van der Waals surface area contributed by atoms with Gasteiger partial charge in [-0.2, -0.15) is 0 Å². The SMILES string of the molecule is CO/N=C(\C(=O)N[C@@H]1C(=O)N2C(C(=O)OCOC(=O)C(C)(C)C)=C(/C=C/COC(C)=O)CS[C@H]12)c1csc(N)n1. The van der Waals surface area contributed by atoms with Crippen molar-refractivity contribution in [3.63, 3.8) is 0 Å². The van der Waals surface area contributed by atoms with Gasteiger partial charge < -0.3 is 30.1 Å². The number of hydrogen-bond acceptors (Lipinski definition) is 14. The fraction of sp³-hybridized carbons (Fsp3) is 0.458. The summed E-state index contributed by atoms with van der Waals surface area (Å²) in [6, 6.07) is -0.997. The first-order valence-corrected chi connectivity index (χ1v) is 13.7. The number of carbonyl (C=O) groups is 5. The number of allylic oxidation sites excluding steroid dienone is 1. The van der Waals surface area contributed by atoms with Gasteiger partial charge in [0.2, 0.25) is 6.79 Å². The fourth-order valence-corrected chi connectivity index (χ4v) is 5.31. The Bertz CT molecular complexity index is 1280. The Morgan fingerprint density at radius 2 is 1.98 bits per heavy atom. The van der Waals surface area contributed by atoms with Crippen molar-refractivity contribution in [2.75, 3.05) is 32.0 Å². The van der Waals surface area contributed by atoms with Crippen LogP contribution in [0.2, 0.25) is 0 Å². The monoisotopic (exact) mass is 595 g/mol. The van der Waals surface area contributed by atoms with Crippen molar-refractivity contribution in [2.24, 2.45) is 10.6 Å². The van der Waals surface area contributed by atoms with Crippen LogP contribution in [0.4, 0.5) is 5.13 Å². The molecule has 2 atom stereocenters. The van der Waals surface area contributed by atoms with E-state index in [-0.39, 0.29) is 34.6 Å². The molecule has 3 N–H and O–H groups in total. The molecule has 0 saturated carbocycles. The minimum atomic E-state index is -0.997. The highest BCUT2D eigenvalue weighted by atomic mass is 32.2. The summed E-state index contributed by atoms with van der Waals surface area (Å²) in [5, 5.41) is 7.42. The van der Waals surface area contributed by atoms with Gasteiger partial charge in [-0.15, -0.1) is 23.1 Å². The van der Waals surface area contributed by atoms with Crippen LogP contribution >= 0.6 is 23.1 Å². The van der Waals surface area contributed by atoms with Gasteiger partial charge in [-0.3, -0.25) is 24.1 Å². The molecule has 1 aromatic heterocycles. The molecule has 2 amide bonds. The molecule has 1 fully saturated rings. The summed E-state index contributed by atoms with van der Waals surface area (Å²) in [6.07, 6.45) is 3.06. The lowest BCUT2D eigenvalue weighted by molar-refractivity contribution is -0.173. The van der Waals surface area contributed by atoms with E-state index in [0.29, 0.717) is 5.57 Å². The number of nitrogen functional groups attached to an aromatic ring is 1. The minimum Gasteiger partial charge on any atom is -0.462 e. The molecule has 0 spiro atoms. The van der Waals surface area contributed by atoms with Crippen LogP contribution < -0.4 is 11.1 Å². The first-order valence-electron chi connectivity index (χ1n) is 11.8. The Morgan fingerprint density at radius 3 is 2.58 bits per heavy atom. The zero-order chi connectivity index (χ0) is 29.6. The zero-order valence-electron chi connectivity index (χ0n) is 22.4. The normalized spacial score (nSPS) is 19.1. The Balaban J connectivity index is 1.79. The molecule has 2 aliphatic rings. The lowest BCUT2D eigenvalue weighted by Crippen LogP contribution is -2.71. The molecule has 3 rings (SSSR count). The van der Waals surface area contributed by atoms with E-state index in [2.05, 4.69) is 15.5 Å². The third-order valence-electron chi connectivity index (χ3n) is 5.33. The zero-order valence-corrected chi connectivity index (χ0v) is 24.1. The molecule has 3 heterocycles. The van der Waals surface area contributed by atoms with Crippen LogP contribution in [0.3, 0.4) is 0 Å². The van der Waals surface area contributed by atoms with Crippen LogP contribution in [0, 0.1) is 5.41 Å². The Hall–Kier alpha value is -3.92. The number of thiazole rings is 1. The van der Waals surface area contributed by atoms with E-state index in [1.54, 1.807) is 26.8 Å². The van der Waals surface area contributed by atoms with Crippen molar-refractivity contribution < 1.29 is 43.0 Å². The molecule has 0 aliphatic carbocycles. The van der Waals surface area contributed by atoms with Crippen LogP contribution in [0.15, 0.2) is 34.0 Å². The number of rotatable bonds is 10. The van der Waals surface area contributed by atoms with Crippen molar-refractivity contribution in [3.05, 3.63) is 34.5 Å². The van der Waals surface area contributed by atoms with E-state index in [1.165, 1.54) is 42.2 Å². The van der Waals surface area contributed by atoms with Gasteiger partial charge in [0.1, 0.15) is 36.5 Å². The van der Waals surface area contributed by atoms with Crippen LogP contribution in [0.1, 0.15) is 33.4 Å². The van der Waals surface area contributed by atoms with Gasteiger partial charge in [0, 0.05) is 18.1 Å². The molecule has 216 valence electrons. The first kappa shape index (κ1) is 30.6. The number of fused-ring (bicyclic) bond motifs is 1. The minimum absolute atomic E-state index is 0.0478. The van der Waals surface area contributed by atoms with Crippen LogP contribution in [0.5, 0.6) is 0 Å². The van der Waals surface area contributed by atoms with Gasteiger partial charge in [0.05, 0.1) is 5.41 Å². The van der Waals surface area contributed by atoms with Crippen LogP contribution in [-0.4, -0.2) is 83.0 Å². The number of esters is 3. The number of aromatic nitrogens is 1. The van der Waals surface area contributed by atoms with Crippen LogP contribution in [0.25, 0.3) is 0 Å². The van der Waals surface area contributed by atoms with E-state index in [4.69, 9.17) is 24.8 Å². The predicted octanol–water partition coefficient (Wildman–Crippen LogP) is 0.939. The highest BCUT2D eigenvalue weighted by Crippen LogP contribution is 2.41. The van der Waals surface area contributed by atoms with Gasteiger partial charge in [-0.1, -0.05) is 11.2 Å². The number of ether oxygens (including phenoxy) is 3. The summed E-state index contributed by atoms with van der Waals surface area (Å²) in [5.74, 6) is -3.01. The second kappa shape index (κ2) is 13.0. The maximum absolute atomic E-state index is 13.2. The average molecular weight is 596 g/mol. The molecule has 0 unspecified atom stereocenters. The second-order valence-electron chi connectivity index (χ2n) is 9.36. The molecule has 40 heavy (non-hydrogen) atoms. The lowest BCUT2D eigenvalue weighted by atomic mass is 9.98. The summed E-state index contributed by atoms with van der Waals surface area (Å²) < 4.78 is 15.1. The van der Waals surface area contributed by atoms with E-state index in [0.717, 1.165) is 11.3 Å². The number of carbonyl (C=O) groups excluding carboxylic acids is 5. The molecule has 1 aromatic rings. The molecule has 0 aromatic carbocycles. The second-order valence-corrected chi connectivity index (χ2v) is 11.4. The number of oxime groups is 1. The summed E-state index contributed by atoms with van der Waals surface area (Å²) in [5.41, 5.74) is 5.19. The highest BCUT2D eigenvalue weighted by molar-refractivity contribution is 8.00. The average Bonchev–Trinajstić information content (AvgIpc) is 3.32. The molecule has 14 nitrogen and oxygen atoms in total. The molecule has 16 heteroatoms. The molecule has 2 aliphatic heterocycles. The molecule has 1 saturated heterocycles. The number of amides is 2. The number of nitrogens with zero attached hydrogens (tertiary/aromatic N) is 3. The van der Waals surface area contributed by atoms with E-state index < -0.39 is 53.3 Å². The topological polar surface area (TPSA) is 189 Å². The van der Waals surface area contributed by atoms with Crippen molar-refractivity contribution >= 4 is 63.7 Å². The maximum atomic E-state index is 13.2. The van der Waals surface area contributed by atoms with Crippen LogP contribution in [-0.2, 0) is 43.0 Å². The fourth-order valence-electron chi connectivity index (χ4n) is 3.44. The van der Waals surface area contributed by atoms with Crippen molar-refractivity contribution in [1.82, 2.24) is 15.2 Å². The summed E-state index contributed by atoms with van der Waals surface area (Å²) in [7, 11) is 1.26. The third-order valence-corrected chi connectivity index (χ3v) is 7.31. The number of nitrogens with one attached hydrogen (secondary N) is 1. The number of thioether (sulfide) groups is 1. The highest BCUT2D eigenvalue weighted by Gasteiger charge is 2.54. The number of β-lactam (4-membered cyclic amide) rings is 1. The lowest BCUT2D eigenvalue weighted by Gasteiger charge is -2.49. The molecular weight excluding hydrogens is 566 g/mol. The Kier molecular flexibility index (Phi) is 9.92. The third kappa shape index (κ3) is 7.18. The summed E-state index contributed by atoms with van der Waals surface area (Å²) >= 11 is 2.40. The Labute approximate surface area is 237 Å². The number of anilines is 1. The number of nitrogens with two attached hydrogens (primary N) is 1. The standard InChI is InChI=1S/C24H29N5O9S2/c1-12(30)36-8-6-7-13-9-39-20-16(27-18(31)15(28-35-5)14-10-40-23(25)26-14)19(32)29(20)17(13)21(33)37-11-38-22(34)24(2,3)4/h6-7,10,16,20H,8-9,11H2,1-5H3,(H2,25,26)(H,27,31)/b7-6+,28-15-/t16-,20-/m1/s1. The molecule has 0 radical (unpaired) electrons. The van der Waals surface area contributed by atoms with Crippen molar-refractivity contribution in [3.8, 4) is 0 Å². The maximum Gasteiger partial charge on any atom is 0.358 e. The smallest absolute Gasteiger partial charge is 0.358 e. The molecule has 0 bridgehead atoms. The summed E-state index contributed by atoms with van der Waals surface area (Å²) in [4.78, 5) is 72.4. The largest absolute Gasteiger partial charge is 0.462 e. The number of hydrogen-bond donors (Lipinski definition) is 2.